The molecule has 3 aliphatic rings. The Kier molecular flexibility index (Phi) is 7.07. The third-order valence-electron chi connectivity index (χ3n) is 8.24. The van der Waals surface area contributed by atoms with Crippen LogP contribution in [-0.2, 0) is 4.74 Å². The van der Waals surface area contributed by atoms with Crippen LogP contribution in [0.3, 0.4) is 0 Å². The summed E-state index contributed by atoms with van der Waals surface area (Å²) in [6.07, 6.45) is 5.20. The van der Waals surface area contributed by atoms with Gasteiger partial charge in [-0.25, -0.2) is 0 Å². The van der Waals surface area contributed by atoms with Crippen LogP contribution in [0.1, 0.15) is 79.4 Å². The summed E-state index contributed by atoms with van der Waals surface area (Å²) >= 11 is 19.9. The molecule has 0 amide bonds. The third-order valence-corrected chi connectivity index (χ3v) is 9.41. The minimum Gasteiger partial charge on any atom is -0.471 e. The van der Waals surface area contributed by atoms with Gasteiger partial charge in [0.15, 0.2) is 12.5 Å². The Morgan fingerprint density at radius 3 is 2.49 bits per heavy atom. The summed E-state index contributed by atoms with van der Waals surface area (Å²) < 4.78 is 12.0. The molecular formula is C30H29Cl3N2O4. The largest absolute Gasteiger partial charge is 0.471 e. The highest BCUT2D eigenvalue weighted by Gasteiger charge is 2.52. The molecule has 0 radical (unpaired) electrons. The van der Waals surface area contributed by atoms with Gasteiger partial charge in [0.05, 0.1) is 15.6 Å². The summed E-state index contributed by atoms with van der Waals surface area (Å²) in [4.78, 5) is 0. The predicted octanol–water partition coefficient (Wildman–Crippen LogP) is 7.70. The van der Waals surface area contributed by atoms with E-state index in [1.54, 1.807) is 24.3 Å². The Balaban J connectivity index is 1.22. The van der Waals surface area contributed by atoms with E-state index in [0.717, 1.165) is 24.8 Å². The average Bonchev–Trinajstić information content (AvgIpc) is 3.84. The number of rotatable bonds is 8. The van der Waals surface area contributed by atoms with Crippen LogP contribution in [0.4, 0.5) is 0 Å². The number of aliphatic hydroxyl groups excluding tert-OH is 1. The first-order chi connectivity index (χ1) is 18.7. The van der Waals surface area contributed by atoms with E-state index in [1.807, 2.05) is 30.4 Å². The maximum absolute atomic E-state index is 9.56. The number of allylic oxidation sites excluding steroid dienone is 3. The summed E-state index contributed by atoms with van der Waals surface area (Å²) in [6, 6.07) is 12.8. The van der Waals surface area contributed by atoms with Gasteiger partial charge < -0.3 is 19.5 Å². The Hall–Kier alpha value is -2.32. The van der Waals surface area contributed by atoms with Gasteiger partial charge in [-0.2, -0.15) is 0 Å². The van der Waals surface area contributed by atoms with Crippen molar-refractivity contribution in [3.8, 4) is 11.3 Å². The minimum atomic E-state index is -1.48. The highest BCUT2D eigenvalue weighted by atomic mass is 35.5. The lowest BCUT2D eigenvalue weighted by molar-refractivity contribution is -0.0425. The topological polar surface area (TPSA) is 102 Å². The smallest absolute Gasteiger partial charge is 0.179 e. The molecule has 0 bridgehead atoms. The molecule has 3 aliphatic carbocycles. The number of ether oxygens (including phenoxy) is 1. The predicted molar refractivity (Wildman–Crippen MR) is 151 cm³/mol. The van der Waals surface area contributed by atoms with E-state index >= 15 is 0 Å². The zero-order valence-corrected chi connectivity index (χ0v) is 23.5. The van der Waals surface area contributed by atoms with Crippen molar-refractivity contribution in [2.24, 2.45) is 17.1 Å². The molecule has 0 spiro atoms. The first-order valence-corrected chi connectivity index (χ1v) is 14.2. The lowest BCUT2D eigenvalue weighted by atomic mass is 9.77. The summed E-state index contributed by atoms with van der Waals surface area (Å²) in [6.45, 7) is 2.16. The van der Waals surface area contributed by atoms with Crippen molar-refractivity contribution in [1.82, 2.24) is 5.16 Å². The maximum Gasteiger partial charge on any atom is 0.179 e. The van der Waals surface area contributed by atoms with E-state index in [9.17, 15) is 10.2 Å². The second kappa shape index (κ2) is 10.3. The van der Waals surface area contributed by atoms with Crippen LogP contribution >= 0.6 is 34.8 Å². The Bertz CT molecular complexity index is 1460. The third kappa shape index (κ3) is 5.03. The van der Waals surface area contributed by atoms with Crippen LogP contribution < -0.4 is 5.73 Å². The van der Waals surface area contributed by atoms with Crippen molar-refractivity contribution in [3.05, 3.63) is 97.9 Å². The Labute approximate surface area is 242 Å². The van der Waals surface area contributed by atoms with E-state index in [4.69, 9.17) is 49.8 Å². The van der Waals surface area contributed by atoms with Crippen molar-refractivity contribution in [1.29, 1.82) is 0 Å². The van der Waals surface area contributed by atoms with Crippen LogP contribution in [0.2, 0.25) is 10.0 Å². The van der Waals surface area contributed by atoms with E-state index in [1.165, 1.54) is 0 Å². The van der Waals surface area contributed by atoms with Crippen molar-refractivity contribution < 1.29 is 19.5 Å². The van der Waals surface area contributed by atoms with Gasteiger partial charge in [0, 0.05) is 27.5 Å². The van der Waals surface area contributed by atoms with Crippen LogP contribution in [0.5, 0.6) is 0 Å². The lowest BCUT2D eigenvalue weighted by Crippen LogP contribution is -2.24. The zero-order valence-electron chi connectivity index (χ0n) is 21.3. The summed E-state index contributed by atoms with van der Waals surface area (Å²) in [5.74, 6) is 2.17. The van der Waals surface area contributed by atoms with Crippen LogP contribution in [0, 0.1) is 11.3 Å². The molecule has 2 aromatic carbocycles. The molecule has 2 fully saturated rings. The molecule has 6 nitrogen and oxygen atoms in total. The normalized spacial score (nSPS) is 25.3. The van der Waals surface area contributed by atoms with E-state index in [-0.39, 0.29) is 11.3 Å². The minimum absolute atomic E-state index is 0.247. The molecule has 0 aliphatic heterocycles. The van der Waals surface area contributed by atoms with Crippen LogP contribution in [0.15, 0.2) is 69.9 Å². The van der Waals surface area contributed by atoms with Gasteiger partial charge in [-0.05, 0) is 67.4 Å². The molecule has 1 heterocycles. The second-order valence-electron chi connectivity index (χ2n) is 10.9. The van der Waals surface area contributed by atoms with Crippen molar-refractivity contribution in [2.75, 3.05) is 0 Å². The molecule has 3 aromatic rings. The number of halogens is 3. The summed E-state index contributed by atoms with van der Waals surface area (Å²) in [7, 11) is 0. The first kappa shape index (κ1) is 26.9. The molecular weight excluding hydrogens is 559 g/mol. The molecule has 4 unspecified atom stereocenters. The van der Waals surface area contributed by atoms with E-state index in [0.29, 0.717) is 67.2 Å². The number of aliphatic hydroxyl groups is 2. The summed E-state index contributed by atoms with van der Waals surface area (Å²) in [5, 5.41) is 25.1. The summed E-state index contributed by atoms with van der Waals surface area (Å²) in [5.41, 5.74) is 9.68. The number of nitrogens with zero attached hydrogens (tertiary/aromatic N) is 1. The highest BCUT2D eigenvalue weighted by molar-refractivity contribution is 6.39. The van der Waals surface area contributed by atoms with Gasteiger partial charge in [0.2, 0.25) is 0 Å². The van der Waals surface area contributed by atoms with Gasteiger partial charge in [-0.15, -0.1) is 0 Å². The Morgan fingerprint density at radius 1 is 1.10 bits per heavy atom. The zero-order chi connectivity index (χ0) is 27.5. The SMILES string of the molecule is CC1(C2CC2c2cccc(C(O)O)c2)CC=C(OC(N)c2c(-c3c(Cl)cccc3Cl)noc2C2CC2)C=C1Cl. The molecule has 4 N–H and O–H groups in total. The van der Waals surface area contributed by atoms with E-state index < -0.39 is 12.5 Å². The number of nitrogens with two attached hydrogens (primary N) is 1. The number of benzene rings is 2. The molecule has 0 saturated heterocycles. The average molecular weight is 588 g/mol. The monoisotopic (exact) mass is 586 g/mol. The fraction of sp³-hybridized carbons (Fsp3) is 0.367. The van der Waals surface area contributed by atoms with Crippen molar-refractivity contribution in [3.63, 3.8) is 0 Å². The van der Waals surface area contributed by atoms with Crippen molar-refractivity contribution in [2.45, 2.75) is 57.0 Å². The second-order valence-corrected chi connectivity index (χ2v) is 12.2. The number of aromatic nitrogens is 1. The lowest BCUT2D eigenvalue weighted by Gasteiger charge is -2.33. The van der Waals surface area contributed by atoms with Crippen LogP contribution in [-0.4, -0.2) is 15.4 Å². The van der Waals surface area contributed by atoms with Gasteiger partial charge in [0.1, 0.15) is 17.2 Å². The molecule has 1 aromatic heterocycles. The Morgan fingerprint density at radius 2 is 1.82 bits per heavy atom. The number of hydrogen-bond donors (Lipinski definition) is 3. The van der Waals surface area contributed by atoms with Gasteiger partial charge in [-0.1, -0.05) is 77.2 Å². The molecule has 2 saturated carbocycles. The molecule has 9 heteroatoms. The highest BCUT2D eigenvalue weighted by Crippen LogP contribution is 2.63. The van der Waals surface area contributed by atoms with Crippen LogP contribution in [0.25, 0.3) is 11.3 Å². The molecule has 6 rings (SSSR count). The van der Waals surface area contributed by atoms with Crippen molar-refractivity contribution >= 4 is 34.8 Å². The fourth-order valence-electron chi connectivity index (χ4n) is 5.72. The first-order valence-electron chi connectivity index (χ1n) is 13.1. The van der Waals surface area contributed by atoms with Gasteiger partial charge in [0.25, 0.3) is 0 Å². The standard InChI is InChI=1S/C30H29Cl3N2O4/c1-30(20-14-19(20)16-4-2-5-17(12-16)29(36)37)11-10-18(13-23(30)33)38-28(34)25-26(35-39-27(25)15-8-9-15)24-21(31)6-3-7-22(24)32/h2-7,10,12-13,15,19-20,28-29,36-37H,8-9,11,14,34H2,1H3. The fourth-order valence-corrected chi connectivity index (χ4v) is 6.62. The maximum atomic E-state index is 9.56. The van der Waals surface area contributed by atoms with E-state index in [2.05, 4.69) is 12.1 Å². The number of hydrogen-bond acceptors (Lipinski definition) is 6. The van der Waals surface area contributed by atoms with Gasteiger partial charge in [-0.3, -0.25) is 5.73 Å². The molecule has 4 atom stereocenters. The quantitative estimate of drug-likeness (QED) is 0.233. The molecule has 39 heavy (non-hydrogen) atoms. The molecule has 204 valence electrons. The van der Waals surface area contributed by atoms with Gasteiger partial charge >= 0.3 is 0 Å².